The Labute approximate surface area is 173 Å². The number of hydrogen-bond donors (Lipinski definition) is 0. The molecule has 1 aliphatic rings. The van der Waals surface area contributed by atoms with Crippen LogP contribution in [0.1, 0.15) is 12.6 Å². The molecule has 1 fully saturated rings. The number of anilines is 1. The maximum absolute atomic E-state index is 15.1. The van der Waals surface area contributed by atoms with E-state index in [4.69, 9.17) is 14.2 Å². The van der Waals surface area contributed by atoms with E-state index in [0.29, 0.717) is 18.9 Å². The lowest BCUT2D eigenvalue weighted by atomic mass is 9.95. The van der Waals surface area contributed by atoms with Crippen LogP contribution in [0.3, 0.4) is 0 Å². The molecule has 3 heterocycles. The molecule has 0 bridgehead atoms. The minimum absolute atomic E-state index is 0.121. The quantitative estimate of drug-likeness (QED) is 0.625. The number of pyridine rings is 2. The molecule has 8 heteroatoms. The van der Waals surface area contributed by atoms with E-state index >= 15 is 8.78 Å². The summed E-state index contributed by atoms with van der Waals surface area (Å²) in [6.45, 7) is 5.12. The van der Waals surface area contributed by atoms with Gasteiger partial charge in [0, 0.05) is 48.9 Å². The fraction of sp³-hybridized carbons (Fsp3) is 0.364. The number of aromatic nitrogens is 2. The van der Waals surface area contributed by atoms with E-state index in [0.717, 1.165) is 16.5 Å². The highest BCUT2D eigenvalue weighted by Crippen LogP contribution is 2.40. The van der Waals surface area contributed by atoms with Gasteiger partial charge in [-0.2, -0.15) is 0 Å². The van der Waals surface area contributed by atoms with Crippen LogP contribution in [-0.4, -0.2) is 50.0 Å². The van der Waals surface area contributed by atoms with E-state index < -0.39 is 11.6 Å². The van der Waals surface area contributed by atoms with Crippen LogP contribution in [0.15, 0.2) is 24.4 Å². The summed E-state index contributed by atoms with van der Waals surface area (Å²) in [6, 6.07) is 4.73. The second-order valence-electron chi connectivity index (χ2n) is 7.67. The first-order valence-electron chi connectivity index (χ1n) is 9.48. The van der Waals surface area contributed by atoms with Crippen molar-refractivity contribution in [2.24, 2.45) is 0 Å². The summed E-state index contributed by atoms with van der Waals surface area (Å²) in [5, 5.41) is 1.59. The third-order valence-corrected chi connectivity index (χ3v) is 5.50. The largest absolute Gasteiger partial charge is 0.494 e. The van der Waals surface area contributed by atoms with Crippen molar-refractivity contribution in [2.45, 2.75) is 19.4 Å². The number of fused-ring (bicyclic) bond motifs is 1. The van der Waals surface area contributed by atoms with E-state index in [1.807, 2.05) is 24.8 Å². The molecule has 158 valence electrons. The van der Waals surface area contributed by atoms with Crippen LogP contribution in [0, 0.1) is 18.6 Å². The average Bonchev–Trinajstić information content (AvgIpc) is 2.71. The predicted molar refractivity (Wildman–Crippen MR) is 110 cm³/mol. The van der Waals surface area contributed by atoms with Gasteiger partial charge in [-0.1, -0.05) is 0 Å². The zero-order chi connectivity index (χ0) is 21.6. The summed E-state index contributed by atoms with van der Waals surface area (Å²) in [7, 11) is 4.30. The molecule has 0 unspecified atom stereocenters. The molecule has 2 aromatic heterocycles. The van der Waals surface area contributed by atoms with Crippen molar-refractivity contribution < 1.29 is 23.0 Å². The highest BCUT2D eigenvalue weighted by molar-refractivity contribution is 5.95. The van der Waals surface area contributed by atoms with E-state index in [-0.39, 0.29) is 28.4 Å². The number of halogens is 2. The van der Waals surface area contributed by atoms with Crippen LogP contribution in [-0.2, 0) is 4.74 Å². The summed E-state index contributed by atoms with van der Waals surface area (Å²) >= 11 is 0. The van der Waals surface area contributed by atoms with Crippen LogP contribution in [0.25, 0.3) is 22.0 Å². The Morgan fingerprint density at radius 1 is 1.00 bits per heavy atom. The lowest BCUT2D eigenvalue weighted by molar-refractivity contribution is -0.0170. The number of rotatable bonds is 5. The van der Waals surface area contributed by atoms with Gasteiger partial charge in [0.1, 0.15) is 5.82 Å². The maximum atomic E-state index is 15.1. The predicted octanol–water partition coefficient (Wildman–Crippen LogP) is 4.13. The molecule has 6 nitrogen and oxygen atoms in total. The van der Waals surface area contributed by atoms with Gasteiger partial charge in [-0.15, -0.1) is 0 Å². The van der Waals surface area contributed by atoms with Crippen LogP contribution in [0.2, 0.25) is 0 Å². The Bertz CT molecular complexity index is 1100. The minimum atomic E-state index is -0.834. The third kappa shape index (κ3) is 3.21. The van der Waals surface area contributed by atoms with Crippen LogP contribution in [0.5, 0.6) is 11.5 Å². The Balaban J connectivity index is 1.95. The molecule has 0 N–H and O–H groups in total. The van der Waals surface area contributed by atoms with Crippen LogP contribution >= 0.6 is 0 Å². The van der Waals surface area contributed by atoms with Gasteiger partial charge < -0.3 is 19.1 Å². The number of ether oxygens (including phenoxy) is 3. The van der Waals surface area contributed by atoms with Gasteiger partial charge in [0.2, 0.25) is 0 Å². The Morgan fingerprint density at radius 2 is 1.63 bits per heavy atom. The average molecular weight is 415 g/mol. The van der Waals surface area contributed by atoms with E-state index in [2.05, 4.69) is 9.97 Å². The SMILES string of the molecule is COc1cc(OC)c(F)c(-c2cc3cnc(C)cc3c(N3CC(C)(OC)C3)n2)c1F. The van der Waals surface area contributed by atoms with E-state index in [9.17, 15) is 0 Å². The highest BCUT2D eigenvalue weighted by Gasteiger charge is 2.40. The van der Waals surface area contributed by atoms with Gasteiger partial charge in [-0.05, 0) is 26.0 Å². The van der Waals surface area contributed by atoms with Gasteiger partial charge in [0.15, 0.2) is 23.1 Å². The lowest BCUT2D eigenvalue weighted by Gasteiger charge is -2.47. The molecule has 4 rings (SSSR count). The molecule has 0 atom stereocenters. The number of benzene rings is 1. The molecule has 0 saturated carbocycles. The van der Waals surface area contributed by atoms with E-state index in [1.165, 1.54) is 20.3 Å². The molecule has 1 aliphatic heterocycles. The van der Waals surface area contributed by atoms with Crippen molar-refractivity contribution in [1.82, 2.24) is 9.97 Å². The van der Waals surface area contributed by atoms with Crippen molar-refractivity contribution in [3.63, 3.8) is 0 Å². The topological polar surface area (TPSA) is 56.7 Å². The smallest absolute Gasteiger partial charge is 0.177 e. The molecule has 1 saturated heterocycles. The van der Waals surface area contributed by atoms with E-state index in [1.54, 1.807) is 19.4 Å². The molecule has 30 heavy (non-hydrogen) atoms. The normalized spacial score (nSPS) is 15.2. The zero-order valence-corrected chi connectivity index (χ0v) is 17.5. The standard InChI is InChI=1S/C22H23F2N3O3/c1-12-6-14-13(9-25-12)7-15(26-21(14)27-10-22(2,11-27)30-5)18-19(23)16(28-3)8-17(29-4)20(18)24/h6-9H,10-11H2,1-5H3. The van der Waals surface area contributed by atoms with Crippen molar-refractivity contribution in [1.29, 1.82) is 0 Å². The van der Waals surface area contributed by atoms with Gasteiger partial charge in [0.25, 0.3) is 0 Å². The van der Waals surface area contributed by atoms with Crippen molar-refractivity contribution in [3.8, 4) is 22.8 Å². The Morgan fingerprint density at radius 3 is 2.20 bits per heavy atom. The number of nitrogens with zero attached hydrogens (tertiary/aromatic N) is 3. The van der Waals surface area contributed by atoms with Crippen molar-refractivity contribution >= 4 is 16.6 Å². The monoisotopic (exact) mass is 415 g/mol. The zero-order valence-electron chi connectivity index (χ0n) is 17.5. The molecule has 3 aromatic rings. The molecule has 0 spiro atoms. The summed E-state index contributed by atoms with van der Waals surface area (Å²) < 4.78 is 45.9. The van der Waals surface area contributed by atoms with Gasteiger partial charge >= 0.3 is 0 Å². The summed E-state index contributed by atoms with van der Waals surface area (Å²) in [5.41, 5.74) is 0.377. The molecule has 0 amide bonds. The first-order valence-corrected chi connectivity index (χ1v) is 9.48. The molecule has 0 radical (unpaired) electrons. The Kier molecular flexibility index (Phi) is 4.97. The first kappa shape index (κ1) is 20.3. The number of hydrogen-bond acceptors (Lipinski definition) is 6. The van der Waals surface area contributed by atoms with Gasteiger partial charge in [-0.3, -0.25) is 4.98 Å². The number of aryl methyl sites for hydroxylation is 1. The molecular formula is C22H23F2N3O3. The van der Waals surface area contributed by atoms with Crippen molar-refractivity contribution in [2.75, 3.05) is 39.3 Å². The fourth-order valence-electron chi connectivity index (χ4n) is 3.75. The molecular weight excluding hydrogens is 392 g/mol. The second kappa shape index (κ2) is 7.36. The maximum Gasteiger partial charge on any atom is 0.177 e. The minimum Gasteiger partial charge on any atom is -0.494 e. The van der Waals surface area contributed by atoms with Gasteiger partial charge in [0.05, 0.1) is 31.1 Å². The van der Waals surface area contributed by atoms with Gasteiger partial charge in [-0.25, -0.2) is 13.8 Å². The summed E-state index contributed by atoms with van der Waals surface area (Å²) in [6.07, 6.45) is 1.68. The molecule has 0 aliphatic carbocycles. The summed E-state index contributed by atoms with van der Waals surface area (Å²) in [5.74, 6) is -1.28. The summed E-state index contributed by atoms with van der Waals surface area (Å²) in [4.78, 5) is 11.0. The fourth-order valence-corrected chi connectivity index (χ4v) is 3.75. The third-order valence-electron chi connectivity index (χ3n) is 5.50. The second-order valence-corrected chi connectivity index (χ2v) is 7.67. The highest BCUT2D eigenvalue weighted by atomic mass is 19.1. The van der Waals surface area contributed by atoms with Crippen molar-refractivity contribution in [3.05, 3.63) is 41.7 Å². The van der Waals surface area contributed by atoms with Crippen LogP contribution < -0.4 is 14.4 Å². The van der Waals surface area contributed by atoms with Crippen LogP contribution in [0.4, 0.5) is 14.6 Å². The molecule has 1 aromatic carbocycles. The Hall–Kier alpha value is -3.00. The number of methoxy groups -OCH3 is 3. The lowest BCUT2D eigenvalue weighted by Crippen LogP contribution is -2.61. The first-order chi connectivity index (χ1) is 14.3.